The van der Waals surface area contributed by atoms with Crippen LogP contribution in [-0.2, 0) is 0 Å². The number of likely N-dealkylation sites (tertiary alicyclic amines) is 1. The SMILES string of the molecule is CCN1CCCC1CN(C)CC1CC2CCCCC2N1. The number of likely N-dealkylation sites (N-methyl/N-ethyl adjacent to an activating group) is 2. The van der Waals surface area contributed by atoms with Gasteiger partial charge in [-0.15, -0.1) is 0 Å². The van der Waals surface area contributed by atoms with Crippen molar-refractivity contribution < 1.29 is 0 Å². The largest absolute Gasteiger partial charge is 0.310 e. The third kappa shape index (κ3) is 3.37. The monoisotopic (exact) mass is 279 g/mol. The van der Waals surface area contributed by atoms with Gasteiger partial charge in [0.05, 0.1) is 0 Å². The molecule has 4 atom stereocenters. The lowest BCUT2D eigenvalue weighted by Gasteiger charge is -2.29. The Hall–Kier alpha value is -0.120. The van der Waals surface area contributed by atoms with Crippen LogP contribution in [0.4, 0.5) is 0 Å². The van der Waals surface area contributed by atoms with Gasteiger partial charge in [-0.2, -0.15) is 0 Å². The van der Waals surface area contributed by atoms with Crippen molar-refractivity contribution >= 4 is 0 Å². The first-order chi connectivity index (χ1) is 9.76. The maximum absolute atomic E-state index is 3.92. The molecule has 3 nitrogen and oxygen atoms in total. The molecule has 2 saturated heterocycles. The average Bonchev–Trinajstić information content (AvgIpc) is 3.03. The van der Waals surface area contributed by atoms with Crippen molar-refractivity contribution in [2.75, 3.05) is 33.2 Å². The van der Waals surface area contributed by atoms with Crippen LogP contribution in [0.25, 0.3) is 0 Å². The molecule has 1 saturated carbocycles. The minimum atomic E-state index is 0.754. The van der Waals surface area contributed by atoms with E-state index in [-0.39, 0.29) is 0 Å². The van der Waals surface area contributed by atoms with Gasteiger partial charge >= 0.3 is 0 Å². The Morgan fingerprint density at radius 3 is 2.75 bits per heavy atom. The molecule has 4 unspecified atom stereocenters. The lowest BCUT2D eigenvalue weighted by atomic mass is 9.85. The van der Waals surface area contributed by atoms with Gasteiger partial charge in [0.2, 0.25) is 0 Å². The van der Waals surface area contributed by atoms with E-state index in [1.54, 1.807) is 0 Å². The van der Waals surface area contributed by atoms with Crippen LogP contribution in [0.1, 0.15) is 51.9 Å². The molecular weight excluding hydrogens is 246 g/mol. The molecule has 0 bridgehead atoms. The van der Waals surface area contributed by atoms with Crippen LogP contribution in [0.5, 0.6) is 0 Å². The number of hydrogen-bond donors (Lipinski definition) is 1. The molecule has 0 aromatic heterocycles. The van der Waals surface area contributed by atoms with Crippen LogP contribution in [0.2, 0.25) is 0 Å². The molecule has 3 rings (SSSR count). The smallest absolute Gasteiger partial charge is 0.0223 e. The molecule has 0 amide bonds. The highest BCUT2D eigenvalue weighted by atomic mass is 15.2. The highest BCUT2D eigenvalue weighted by Crippen LogP contribution is 2.33. The molecule has 1 aliphatic carbocycles. The van der Waals surface area contributed by atoms with E-state index in [2.05, 4.69) is 29.1 Å². The predicted octanol–water partition coefficient (Wildman–Crippen LogP) is 2.32. The van der Waals surface area contributed by atoms with Crippen molar-refractivity contribution in [2.24, 2.45) is 5.92 Å². The Morgan fingerprint density at radius 1 is 1.10 bits per heavy atom. The van der Waals surface area contributed by atoms with Crippen LogP contribution in [0.15, 0.2) is 0 Å². The van der Waals surface area contributed by atoms with Crippen molar-refractivity contribution in [2.45, 2.75) is 70.0 Å². The summed E-state index contributed by atoms with van der Waals surface area (Å²) in [6, 6.07) is 2.42. The number of fused-ring (bicyclic) bond motifs is 1. The van der Waals surface area contributed by atoms with Gasteiger partial charge in [0, 0.05) is 31.2 Å². The molecule has 20 heavy (non-hydrogen) atoms. The Morgan fingerprint density at radius 2 is 1.95 bits per heavy atom. The van der Waals surface area contributed by atoms with Gasteiger partial charge in [0.25, 0.3) is 0 Å². The van der Waals surface area contributed by atoms with E-state index < -0.39 is 0 Å². The molecule has 0 aromatic carbocycles. The third-order valence-corrected chi connectivity index (χ3v) is 5.91. The maximum Gasteiger partial charge on any atom is 0.0223 e. The summed E-state index contributed by atoms with van der Waals surface area (Å²) in [7, 11) is 2.33. The van der Waals surface area contributed by atoms with Crippen molar-refractivity contribution in [3.05, 3.63) is 0 Å². The van der Waals surface area contributed by atoms with Crippen molar-refractivity contribution in [3.8, 4) is 0 Å². The van der Waals surface area contributed by atoms with E-state index in [0.29, 0.717) is 0 Å². The van der Waals surface area contributed by atoms with E-state index in [0.717, 1.165) is 24.0 Å². The first kappa shape index (κ1) is 14.8. The Bertz CT molecular complexity index is 293. The maximum atomic E-state index is 3.92. The van der Waals surface area contributed by atoms with Gasteiger partial charge in [-0.05, 0) is 58.2 Å². The van der Waals surface area contributed by atoms with Crippen LogP contribution in [0, 0.1) is 5.92 Å². The minimum Gasteiger partial charge on any atom is -0.310 e. The molecule has 116 valence electrons. The van der Waals surface area contributed by atoms with Crippen molar-refractivity contribution in [1.82, 2.24) is 15.1 Å². The zero-order valence-corrected chi connectivity index (χ0v) is 13.5. The fourth-order valence-corrected chi connectivity index (χ4v) is 4.90. The van der Waals surface area contributed by atoms with Crippen LogP contribution < -0.4 is 5.32 Å². The minimum absolute atomic E-state index is 0.754. The molecule has 1 N–H and O–H groups in total. The summed E-state index contributed by atoms with van der Waals surface area (Å²) in [6.07, 6.45) is 10.1. The first-order valence-electron chi connectivity index (χ1n) is 8.95. The predicted molar refractivity (Wildman–Crippen MR) is 85.1 cm³/mol. The second-order valence-electron chi connectivity index (χ2n) is 7.40. The fraction of sp³-hybridized carbons (Fsp3) is 1.00. The number of nitrogens with one attached hydrogen (secondary N) is 1. The fourth-order valence-electron chi connectivity index (χ4n) is 4.90. The van der Waals surface area contributed by atoms with Crippen LogP contribution in [0.3, 0.4) is 0 Å². The van der Waals surface area contributed by atoms with E-state index in [4.69, 9.17) is 0 Å². The molecule has 3 aliphatic rings. The summed E-state index contributed by atoms with van der Waals surface area (Å²) < 4.78 is 0. The number of rotatable bonds is 5. The molecule has 2 aliphatic heterocycles. The number of nitrogens with zero attached hydrogens (tertiary/aromatic N) is 2. The van der Waals surface area contributed by atoms with Gasteiger partial charge in [0.1, 0.15) is 0 Å². The lowest BCUT2D eigenvalue weighted by molar-refractivity contribution is 0.189. The molecule has 3 heteroatoms. The van der Waals surface area contributed by atoms with Gasteiger partial charge < -0.3 is 10.2 Å². The Balaban J connectivity index is 1.43. The van der Waals surface area contributed by atoms with Crippen molar-refractivity contribution in [1.29, 1.82) is 0 Å². The summed E-state index contributed by atoms with van der Waals surface area (Å²) in [5.41, 5.74) is 0. The van der Waals surface area contributed by atoms with E-state index in [1.807, 2.05) is 0 Å². The van der Waals surface area contributed by atoms with E-state index in [1.165, 1.54) is 71.1 Å². The molecule has 0 radical (unpaired) electrons. The second-order valence-corrected chi connectivity index (χ2v) is 7.40. The highest BCUT2D eigenvalue weighted by Gasteiger charge is 2.35. The summed E-state index contributed by atoms with van der Waals surface area (Å²) in [6.45, 7) is 7.37. The second kappa shape index (κ2) is 6.76. The zero-order chi connectivity index (χ0) is 13.9. The Kier molecular flexibility index (Phi) is 5.00. The molecule has 0 aromatic rings. The summed E-state index contributed by atoms with van der Waals surface area (Å²) in [5, 5.41) is 3.92. The topological polar surface area (TPSA) is 18.5 Å². The first-order valence-corrected chi connectivity index (χ1v) is 8.95. The zero-order valence-electron chi connectivity index (χ0n) is 13.5. The summed E-state index contributed by atoms with van der Waals surface area (Å²) in [4.78, 5) is 5.26. The summed E-state index contributed by atoms with van der Waals surface area (Å²) in [5.74, 6) is 0.987. The van der Waals surface area contributed by atoms with Gasteiger partial charge in [-0.1, -0.05) is 19.8 Å². The highest BCUT2D eigenvalue weighted by molar-refractivity contribution is 4.94. The molecular formula is C17H33N3. The van der Waals surface area contributed by atoms with Crippen LogP contribution in [-0.4, -0.2) is 61.2 Å². The standard InChI is InChI=1S/C17H33N3/c1-3-20-10-6-8-16(20)13-19(2)12-15-11-14-7-4-5-9-17(14)18-15/h14-18H,3-13H2,1-2H3. The van der Waals surface area contributed by atoms with E-state index in [9.17, 15) is 0 Å². The third-order valence-electron chi connectivity index (χ3n) is 5.91. The van der Waals surface area contributed by atoms with Crippen molar-refractivity contribution in [3.63, 3.8) is 0 Å². The van der Waals surface area contributed by atoms with Crippen LogP contribution >= 0.6 is 0 Å². The molecule has 0 spiro atoms. The number of hydrogen-bond acceptors (Lipinski definition) is 3. The summed E-state index contributed by atoms with van der Waals surface area (Å²) >= 11 is 0. The average molecular weight is 279 g/mol. The van der Waals surface area contributed by atoms with Gasteiger partial charge in [0.15, 0.2) is 0 Å². The van der Waals surface area contributed by atoms with E-state index >= 15 is 0 Å². The normalized spacial score (nSPS) is 38.5. The molecule has 3 fully saturated rings. The van der Waals surface area contributed by atoms with Gasteiger partial charge in [-0.25, -0.2) is 0 Å². The molecule has 2 heterocycles. The Labute approximate surface area is 125 Å². The van der Waals surface area contributed by atoms with Gasteiger partial charge in [-0.3, -0.25) is 4.90 Å². The lowest BCUT2D eigenvalue weighted by Crippen LogP contribution is -2.44. The quantitative estimate of drug-likeness (QED) is 0.833.